The smallest absolute Gasteiger partial charge is 0.223 e. The summed E-state index contributed by atoms with van der Waals surface area (Å²) >= 11 is 3.27. The van der Waals surface area contributed by atoms with Crippen molar-refractivity contribution in [2.24, 2.45) is 0 Å². The number of fused-ring (bicyclic) bond motifs is 1. The molecule has 0 aliphatic heterocycles. The van der Waals surface area contributed by atoms with Crippen molar-refractivity contribution in [1.29, 1.82) is 0 Å². The summed E-state index contributed by atoms with van der Waals surface area (Å²) in [6.45, 7) is 1.87. The average molecular weight is 369 g/mol. The lowest BCUT2D eigenvalue weighted by Crippen LogP contribution is -2.12. The Balaban J connectivity index is 2.28. The number of benzene rings is 1. The van der Waals surface area contributed by atoms with Crippen LogP contribution in [0.25, 0.3) is 11.0 Å². The summed E-state index contributed by atoms with van der Waals surface area (Å²) in [5, 5.41) is 0.534. The molecule has 21 heavy (non-hydrogen) atoms. The maximum atomic E-state index is 13.3. The molecule has 4 nitrogen and oxygen atoms in total. The summed E-state index contributed by atoms with van der Waals surface area (Å²) in [5.41, 5.74) is 1.01. The molecular weight excluding hydrogens is 359 g/mol. The Morgan fingerprint density at radius 3 is 2.48 bits per heavy atom. The van der Waals surface area contributed by atoms with E-state index in [1.165, 1.54) is 30.5 Å². The number of halogens is 2. The highest BCUT2D eigenvalue weighted by Crippen LogP contribution is 2.28. The number of nitrogens with zero attached hydrogens (tertiary/aromatic N) is 2. The van der Waals surface area contributed by atoms with Crippen molar-refractivity contribution >= 4 is 37.0 Å². The van der Waals surface area contributed by atoms with Crippen LogP contribution < -0.4 is 0 Å². The Morgan fingerprint density at radius 2 is 1.81 bits per heavy atom. The van der Waals surface area contributed by atoms with Gasteiger partial charge < -0.3 is 0 Å². The van der Waals surface area contributed by atoms with Crippen LogP contribution in [0.4, 0.5) is 4.39 Å². The Kier molecular flexibility index (Phi) is 3.33. The van der Waals surface area contributed by atoms with E-state index in [9.17, 15) is 12.8 Å². The van der Waals surface area contributed by atoms with Crippen molar-refractivity contribution in [3.05, 3.63) is 58.6 Å². The normalized spacial score (nSPS) is 12.0. The molecule has 0 aliphatic carbocycles. The number of aryl methyl sites for hydroxylation is 1. The minimum Gasteiger partial charge on any atom is -0.223 e. The SMILES string of the molecule is Cc1ccc(S(=O)(=O)n2cc(Br)c3ccc(F)nc32)cc1. The summed E-state index contributed by atoms with van der Waals surface area (Å²) in [4.78, 5) is 3.82. The first-order chi connectivity index (χ1) is 9.89. The molecule has 0 N–H and O–H groups in total. The van der Waals surface area contributed by atoms with Gasteiger partial charge in [-0.3, -0.25) is 0 Å². The first-order valence-electron chi connectivity index (χ1n) is 6.05. The van der Waals surface area contributed by atoms with Crippen molar-refractivity contribution in [3.8, 4) is 0 Å². The van der Waals surface area contributed by atoms with Gasteiger partial charge in [0.05, 0.1) is 4.90 Å². The van der Waals surface area contributed by atoms with Gasteiger partial charge in [-0.25, -0.2) is 17.4 Å². The third-order valence-corrected chi connectivity index (χ3v) is 5.41. The van der Waals surface area contributed by atoms with Gasteiger partial charge in [-0.15, -0.1) is 0 Å². The van der Waals surface area contributed by atoms with Gasteiger partial charge in [-0.05, 0) is 47.1 Å². The van der Waals surface area contributed by atoms with Crippen LogP contribution in [0.2, 0.25) is 0 Å². The van der Waals surface area contributed by atoms with Gasteiger partial charge in [0, 0.05) is 16.1 Å². The maximum absolute atomic E-state index is 13.3. The fourth-order valence-corrected chi connectivity index (χ4v) is 3.99. The van der Waals surface area contributed by atoms with Gasteiger partial charge in [-0.2, -0.15) is 4.39 Å². The maximum Gasteiger partial charge on any atom is 0.269 e. The van der Waals surface area contributed by atoms with Crippen LogP contribution in [0.5, 0.6) is 0 Å². The van der Waals surface area contributed by atoms with E-state index in [1.54, 1.807) is 12.1 Å². The fourth-order valence-electron chi connectivity index (χ4n) is 2.02. The molecule has 0 amide bonds. The molecule has 108 valence electrons. The lowest BCUT2D eigenvalue weighted by molar-refractivity contribution is 0.582. The predicted octanol–water partition coefficient (Wildman–Crippen LogP) is 3.48. The molecule has 0 spiro atoms. The number of rotatable bonds is 2. The van der Waals surface area contributed by atoms with Gasteiger partial charge in [0.25, 0.3) is 10.0 Å². The molecule has 7 heteroatoms. The Labute approximate surface area is 129 Å². The highest BCUT2D eigenvalue weighted by atomic mass is 79.9. The molecule has 2 aromatic heterocycles. The van der Waals surface area contributed by atoms with Crippen molar-refractivity contribution in [1.82, 2.24) is 8.96 Å². The summed E-state index contributed by atoms with van der Waals surface area (Å²) in [7, 11) is -3.82. The van der Waals surface area contributed by atoms with E-state index >= 15 is 0 Å². The van der Waals surface area contributed by atoms with E-state index in [0.29, 0.717) is 9.86 Å². The molecule has 0 aliphatic rings. The van der Waals surface area contributed by atoms with Crippen molar-refractivity contribution in [2.75, 3.05) is 0 Å². The van der Waals surface area contributed by atoms with Crippen LogP contribution in [0.1, 0.15) is 5.56 Å². The van der Waals surface area contributed by atoms with Gasteiger partial charge in [-0.1, -0.05) is 17.7 Å². The van der Waals surface area contributed by atoms with Gasteiger partial charge in [0.1, 0.15) is 0 Å². The van der Waals surface area contributed by atoms with E-state index in [2.05, 4.69) is 20.9 Å². The molecule has 0 saturated carbocycles. The second kappa shape index (κ2) is 4.92. The van der Waals surface area contributed by atoms with E-state index in [-0.39, 0.29) is 10.5 Å². The molecule has 0 atom stereocenters. The van der Waals surface area contributed by atoms with Gasteiger partial charge in [0.2, 0.25) is 5.95 Å². The largest absolute Gasteiger partial charge is 0.269 e. The molecule has 0 saturated heterocycles. The highest BCUT2D eigenvalue weighted by molar-refractivity contribution is 9.10. The fraction of sp³-hybridized carbons (Fsp3) is 0.0714. The molecule has 0 bridgehead atoms. The Bertz CT molecular complexity index is 934. The van der Waals surface area contributed by atoms with Crippen LogP contribution in [-0.4, -0.2) is 17.4 Å². The zero-order chi connectivity index (χ0) is 15.2. The summed E-state index contributed by atoms with van der Waals surface area (Å²) in [6, 6.07) is 9.13. The lowest BCUT2D eigenvalue weighted by atomic mass is 10.2. The number of hydrogen-bond acceptors (Lipinski definition) is 3. The average Bonchev–Trinajstić information content (AvgIpc) is 2.76. The summed E-state index contributed by atoms with van der Waals surface area (Å²) in [6.07, 6.45) is 1.38. The minimum absolute atomic E-state index is 0.0578. The Hall–Kier alpha value is -1.73. The quantitative estimate of drug-likeness (QED) is 0.650. The minimum atomic E-state index is -3.82. The van der Waals surface area contributed by atoms with Crippen molar-refractivity contribution < 1.29 is 12.8 Å². The van der Waals surface area contributed by atoms with Gasteiger partial charge >= 0.3 is 0 Å². The second-order valence-electron chi connectivity index (χ2n) is 4.60. The van der Waals surface area contributed by atoms with E-state index in [4.69, 9.17) is 0 Å². The molecule has 3 rings (SSSR count). The highest BCUT2D eigenvalue weighted by Gasteiger charge is 2.21. The van der Waals surface area contributed by atoms with Crippen LogP contribution in [0.3, 0.4) is 0 Å². The molecule has 1 aromatic carbocycles. The van der Waals surface area contributed by atoms with Gasteiger partial charge in [0.15, 0.2) is 5.65 Å². The second-order valence-corrected chi connectivity index (χ2v) is 7.27. The summed E-state index contributed by atoms with van der Waals surface area (Å²) in [5.74, 6) is -0.728. The Morgan fingerprint density at radius 1 is 1.14 bits per heavy atom. The zero-order valence-corrected chi connectivity index (χ0v) is 13.3. The molecule has 3 aromatic rings. The zero-order valence-electron chi connectivity index (χ0n) is 10.9. The monoisotopic (exact) mass is 368 g/mol. The molecular formula is C14H10BrFN2O2S. The molecule has 0 unspecified atom stereocenters. The van der Waals surface area contributed by atoms with Crippen LogP contribution >= 0.6 is 15.9 Å². The third kappa shape index (κ3) is 2.36. The number of pyridine rings is 1. The van der Waals surface area contributed by atoms with Crippen LogP contribution in [0.15, 0.2) is 52.0 Å². The van der Waals surface area contributed by atoms with Crippen LogP contribution in [0, 0.1) is 12.9 Å². The predicted molar refractivity (Wildman–Crippen MR) is 81.2 cm³/mol. The standard InChI is InChI=1S/C14H10BrFN2O2S/c1-9-2-4-10(5-3-9)21(19,20)18-8-12(15)11-6-7-13(16)17-14(11)18/h2-8H,1H3. The number of aromatic nitrogens is 2. The number of hydrogen-bond donors (Lipinski definition) is 0. The summed E-state index contributed by atoms with van der Waals surface area (Å²) < 4.78 is 40.2. The van der Waals surface area contributed by atoms with Crippen LogP contribution in [-0.2, 0) is 10.0 Å². The first-order valence-corrected chi connectivity index (χ1v) is 8.28. The topological polar surface area (TPSA) is 52.0 Å². The molecule has 0 fully saturated rings. The molecule has 0 radical (unpaired) electrons. The van der Waals surface area contributed by atoms with E-state index < -0.39 is 16.0 Å². The molecule has 2 heterocycles. The van der Waals surface area contributed by atoms with E-state index in [1.807, 2.05) is 6.92 Å². The lowest BCUT2D eigenvalue weighted by Gasteiger charge is -2.07. The first kappa shape index (κ1) is 14.2. The third-order valence-electron chi connectivity index (χ3n) is 3.12. The van der Waals surface area contributed by atoms with Crippen molar-refractivity contribution in [2.45, 2.75) is 11.8 Å². The van der Waals surface area contributed by atoms with E-state index in [0.717, 1.165) is 9.54 Å². The van der Waals surface area contributed by atoms with Crippen molar-refractivity contribution in [3.63, 3.8) is 0 Å².